The predicted molar refractivity (Wildman–Crippen MR) is 77.3 cm³/mol. The van der Waals surface area contributed by atoms with Crippen LogP contribution in [0.1, 0.15) is 11.1 Å². The average molecular weight is 226 g/mol. The van der Waals surface area contributed by atoms with Crippen molar-refractivity contribution in [3.05, 3.63) is 59.7 Å². The SMILES string of the molecule is C#Cc1cccc2cc3c(C#C)cccc3cc12. The van der Waals surface area contributed by atoms with Crippen LogP contribution < -0.4 is 0 Å². The molecule has 3 aromatic carbocycles. The van der Waals surface area contributed by atoms with E-state index < -0.39 is 0 Å². The quantitative estimate of drug-likeness (QED) is 0.402. The van der Waals surface area contributed by atoms with E-state index >= 15 is 0 Å². The maximum absolute atomic E-state index is 5.53. The van der Waals surface area contributed by atoms with Crippen LogP contribution in [0.2, 0.25) is 0 Å². The second-order valence-corrected chi connectivity index (χ2v) is 4.19. The van der Waals surface area contributed by atoms with Crippen molar-refractivity contribution in [2.75, 3.05) is 0 Å². The van der Waals surface area contributed by atoms with Gasteiger partial charge in [0.25, 0.3) is 0 Å². The number of benzene rings is 3. The molecule has 0 aliphatic rings. The fourth-order valence-electron chi connectivity index (χ4n) is 2.30. The topological polar surface area (TPSA) is 0 Å². The van der Waals surface area contributed by atoms with E-state index in [0.717, 1.165) is 32.7 Å². The monoisotopic (exact) mass is 226 g/mol. The van der Waals surface area contributed by atoms with Crippen molar-refractivity contribution in [3.63, 3.8) is 0 Å². The lowest BCUT2D eigenvalue weighted by Gasteiger charge is -2.06. The van der Waals surface area contributed by atoms with Crippen LogP contribution in [0.15, 0.2) is 48.5 Å². The zero-order chi connectivity index (χ0) is 12.5. The van der Waals surface area contributed by atoms with Crippen LogP contribution in [0.5, 0.6) is 0 Å². The van der Waals surface area contributed by atoms with Crippen molar-refractivity contribution in [1.82, 2.24) is 0 Å². The molecule has 0 saturated heterocycles. The molecule has 0 heteroatoms. The summed E-state index contributed by atoms with van der Waals surface area (Å²) < 4.78 is 0. The molecule has 0 aromatic heterocycles. The number of hydrogen-bond donors (Lipinski definition) is 0. The summed E-state index contributed by atoms with van der Waals surface area (Å²) in [5.74, 6) is 5.45. The third kappa shape index (κ3) is 1.45. The van der Waals surface area contributed by atoms with Crippen LogP contribution >= 0.6 is 0 Å². The molecular weight excluding hydrogens is 216 g/mol. The zero-order valence-electron chi connectivity index (χ0n) is 9.77. The summed E-state index contributed by atoms with van der Waals surface area (Å²) in [4.78, 5) is 0. The lowest BCUT2D eigenvalue weighted by Crippen LogP contribution is -1.83. The molecule has 0 aliphatic carbocycles. The Kier molecular flexibility index (Phi) is 2.30. The Morgan fingerprint density at radius 1 is 0.667 bits per heavy atom. The van der Waals surface area contributed by atoms with Gasteiger partial charge in [0.1, 0.15) is 0 Å². The second-order valence-electron chi connectivity index (χ2n) is 4.19. The second kappa shape index (κ2) is 3.95. The normalized spacial score (nSPS) is 10.1. The van der Waals surface area contributed by atoms with Crippen LogP contribution in [-0.2, 0) is 0 Å². The number of rotatable bonds is 0. The fourth-order valence-corrected chi connectivity index (χ4v) is 2.30. The van der Waals surface area contributed by atoms with Gasteiger partial charge in [-0.15, -0.1) is 12.8 Å². The van der Waals surface area contributed by atoms with E-state index in [1.54, 1.807) is 0 Å². The first kappa shape index (κ1) is 10.5. The van der Waals surface area contributed by atoms with Crippen LogP contribution in [0.25, 0.3) is 21.5 Å². The van der Waals surface area contributed by atoms with E-state index in [1.807, 2.05) is 24.3 Å². The van der Waals surface area contributed by atoms with E-state index in [2.05, 4.69) is 36.1 Å². The van der Waals surface area contributed by atoms with Crippen molar-refractivity contribution < 1.29 is 0 Å². The highest BCUT2D eigenvalue weighted by Gasteiger charge is 2.03. The summed E-state index contributed by atoms with van der Waals surface area (Å²) in [5.41, 5.74) is 1.83. The molecule has 0 aliphatic heterocycles. The van der Waals surface area contributed by atoms with E-state index in [0.29, 0.717) is 0 Å². The van der Waals surface area contributed by atoms with Crippen molar-refractivity contribution in [2.45, 2.75) is 0 Å². The lowest BCUT2D eigenvalue weighted by atomic mass is 9.97. The third-order valence-corrected chi connectivity index (χ3v) is 3.19. The van der Waals surface area contributed by atoms with Gasteiger partial charge < -0.3 is 0 Å². The van der Waals surface area contributed by atoms with Crippen LogP contribution in [-0.4, -0.2) is 0 Å². The van der Waals surface area contributed by atoms with E-state index in [-0.39, 0.29) is 0 Å². The summed E-state index contributed by atoms with van der Waals surface area (Å²) in [5, 5.41) is 4.45. The van der Waals surface area contributed by atoms with Gasteiger partial charge in [-0.2, -0.15) is 0 Å². The molecule has 0 N–H and O–H groups in total. The highest BCUT2D eigenvalue weighted by Crippen LogP contribution is 2.27. The average Bonchev–Trinajstić information content (AvgIpc) is 2.43. The Balaban J connectivity index is 2.53. The van der Waals surface area contributed by atoms with E-state index in [4.69, 9.17) is 12.8 Å². The first-order valence-corrected chi connectivity index (χ1v) is 5.72. The van der Waals surface area contributed by atoms with Crippen molar-refractivity contribution in [3.8, 4) is 24.7 Å². The zero-order valence-corrected chi connectivity index (χ0v) is 9.77. The molecule has 18 heavy (non-hydrogen) atoms. The smallest absolute Gasteiger partial charge is 0.0321 e. The summed E-state index contributed by atoms with van der Waals surface area (Å²) in [6.45, 7) is 0. The van der Waals surface area contributed by atoms with E-state index in [9.17, 15) is 0 Å². The highest BCUT2D eigenvalue weighted by atomic mass is 14.1. The molecule has 0 amide bonds. The van der Waals surface area contributed by atoms with Gasteiger partial charge in [0.15, 0.2) is 0 Å². The van der Waals surface area contributed by atoms with Gasteiger partial charge in [0.2, 0.25) is 0 Å². The van der Waals surface area contributed by atoms with Gasteiger partial charge in [0, 0.05) is 11.1 Å². The molecule has 3 aromatic rings. The highest BCUT2D eigenvalue weighted by molar-refractivity contribution is 6.02. The minimum absolute atomic E-state index is 0.917. The minimum Gasteiger partial charge on any atom is -0.115 e. The molecule has 0 spiro atoms. The molecule has 0 nitrogen and oxygen atoms in total. The molecule has 0 radical (unpaired) electrons. The van der Waals surface area contributed by atoms with Gasteiger partial charge in [0.05, 0.1) is 0 Å². The number of hydrogen-bond acceptors (Lipinski definition) is 0. The Hall–Kier alpha value is -2.70. The third-order valence-electron chi connectivity index (χ3n) is 3.19. The maximum atomic E-state index is 5.53. The van der Waals surface area contributed by atoms with Crippen molar-refractivity contribution in [1.29, 1.82) is 0 Å². The number of terminal acetylenes is 2. The molecular formula is C18H10. The maximum Gasteiger partial charge on any atom is 0.0321 e. The van der Waals surface area contributed by atoms with Crippen molar-refractivity contribution in [2.24, 2.45) is 0 Å². The van der Waals surface area contributed by atoms with Gasteiger partial charge in [-0.3, -0.25) is 0 Å². The molecule has 0 heterocycles. The molecule has 82 valence electrons. The van der Waals surface area contributed by atoms with E-state index in [1.165, 1.54) is 0 Å². The Morgan fingerprint density at radius 2 is 1.11 bits per heavy atom. The predicted octanol–water partition coefficient (Wildman–Crippen LogP) is 3.96. The molecule has 0 unspecified atom stereocenters. The molecule has 0 atom stereocenters. The Bertz CT molecular complexity index is 766. The summed E-state index contributed by atoms with van der Waals surface area (Å²) in [7, 11) is 0. The standard InChI is InChI=1S/C18H10/c1-3-13-7-5-9-15-12-18-14(4-2)8-6-10-16(18)11-17(13)15/h1-2,5-12H. The van der Waals surface area contributed by atoms with Gasteiger partial charge in [-0.05, 0) is 45.8 Å². The van der Waals surface area contributed by atoms with Gasteiger partial charge >= 0.3 is 0 Å². The molecule has 3 rings (SSSR count). The number of fused-ring (bicyclic) bond motifs is 2. The first-order valence-electron chi connectivity index (χ1n) is 5.72. The Morgan fingerprint density at radius 3 is 1.50 bits per heavy atom. The summed E-state index contributed by atoms with van der Waals surface area (Å²) in [6, 6.07) is 16.2. The fraction of sp³-hybridized carbons (Fsp3) is 0. The van der Waals surface area contributed by atoms with Gasteiger partial charge in [-0.25, -0.2) is 0 Å². The summed E-state index contributed by atoms with van der Waals surface area (Å²) in [6.07, 6.45) is 11.1. The van der Waals surface area contributed by atoms with Gasteiger partial charge in [-0.1, -0.05) is 36.1 Å². The molecule has 0 fully saturated rings. The largest absolute Gasteiger partial charge is 0.115 e. The first-order chi connectivity index (χ1) is 8.83. The molecule has 0 bridgehead atoms. The summed E-state index contributed by atoms with van der Waals surface area (Å²) >= 11 is 0. The molecule has 0 saturated carbocycles. The van der Waals surface area contributed by atoms with Crippen LogP contribution in [0, 0.1) is 24.7 Å². The van der Waals surface area contributed by atoms with Crippen LogP contribution in [0.3, 0.4) is 0 Å². The minimum atomic E-state index is 0.917. The van der Waals surface area contributed by atoms with Crippen LogP contribution in [0.4, 0.5) is 0 Å². The lowest BCUT2D eigenvalue weighted by molar-refractivity contribution is 1.70. The van der Waals surface area contributed by atoms with Crippen molar-refractivity contribution >= 4 is 21.5 Å². The Labute approximate surface area is 106 Å².